The van der Waals surface area contributed by atoms with Gasteiger partial charge in [0.1, 0.15) is 0 Å². The van der Waals surface area contributed by atoms with E-state index in [1.165, 1.54) is 6.08 Å². The number of benzene rings is 2. The van der Waals surface area contributed by atoms with Crippen molar-refractivity contribution in [3.8, 4) is 11.1 Å². The fourth-order valence-corrected chi connectivity index (χ4v) is 2.57. The van der Waals surface area contributed by atoms with E-state index >= 15 is 0 Å². The molecule has 0 saturated heterocycles. The monoisotopic (exact) mass is 319 g/mol. The van der Waals surface area contributed by atoms with Gasteiger partial charge in [0.15, 0.2) is 0 Å². The highest BCUT2D eigenvalue weighted by Gasteiger charge is 2.12. The predicted octanol–water partition coefficient (Wildman–Crippen LogP) is 4.36. The van der Waals surface area contributed by atoms with Crippen molar-refractivity contribution in [2.75, 3.05) is 6.61 Å². The number of aromatic nitrogens is 1. The average Bonchev–Trinajstić information content (AvgIpc) is 2.63. The van der Waals surface area contributed by atoms with E-state index in [4.69, 9.17) is 4.74 Å². The summed E-state index contributed by atoms with van der Waals surface area (Å²) in [4.78, 5) is 16.0. The number of aliphatic hydroxyl groups is 1. The Bertz CT molecular complexity index is 901. The van der Waals surface area contributed by atoms with E-state index in [0.717, 1.165) is 21.9 Å². The number of carbonyl (C=O) groups excluding carboxylic acids is 1. The molecule has 0 amide bonds. The molecule has 4 heteroatoms. The van der Waals surface area contributed by atoms with Crippen LogP contribution in [-0.4, -0.2) is 22.7 Å². The molecule has 2 aromatic carbocycles. The molecule has 0 radical (unpaired) electrons. The minimum atomic E-state index is -0.754. The second kappa shape index (κ2) is 6.96. The number of hydrogen-bond donors (Lipinski definition) is 1. The molecule has 1 N–H and O–H groups in total. The van der Waals surface area contributed by atoms with E-state index in [9.17, 15) is 9.90 Å². The van der Waals surface area contributed by atoms with Crippen molar-refractivity contribution in [2.24, 2.45) is 0 Å². The lowest BCUT2D eigenvalue weighted by Crippen LogP contribution is -2.07. The van der Waals surface area contributed by atoms with Crippen LogP contribution in [0.2, 0.25) is 0 Å². The topological polar surface area (TPSA) is 59.4 Å². The number of ether oxygens (including phenoxy) is 1. The summed E-state index contributed by atoms with van der Waals surface area (Å²) >= 11 is 0. The number of nitrogens with zero attached hydrogens (tertiary/aromatic N) is 1. The molecular weight excluding hydrogens is 302 g/mol. The first-order valence-electron chi connectivity index (χ1n) is 7.71. The summed E-state index contributed by atoms with van der Waals surface area (Å²) in [6, 6.07) is 17.7. The highest BCUT2D eigenvalue weighted by atomic mass is 16.5. The zero-order valence-corrected chi connectivity index (χ0v) is 13.3. The molecular formula is C20H17NO3. The molecule has 1 heterocycles. The van der Waals surface area contributed by atoms with Crippen molar-refractivity contribution in [1.29, 1.82) is 0 Å². The molecule has 0 spiro atoms. The Labute approximate surface area is 140 Å². The van der Waals surface area contributed by atoms with Crippen LogP contribution in [0.3, 0.4) is 0 Å². The summed E-state index contributed by atoms with van der Waals surface area (Å²) in [5.41, 5.74) is 2.58. The third-order valence-electron chi connectivity index (χ3n) is 3.67. The highest BCUT2D eigenvalue weighted by Crippen LogP contribution is 2.30. The maximum absolute atomic E-state index is 11.6. The van der Waals surface area contributed by atoms with Crippen LogP contribution in [0.5, 0.6) is 0 Å². The molecule has 4 nitrogen and oxygen atoms in total. The summed E-state index contributed by atoms with van der Waals surface area (Å²) in [5, 5.41) is 11.8. The van der Waals surface area contributed by atoms with Gasteiger partial charge >= 0.3 is 5.97 Å². The maximum Gasteiger partial charge on any atom is 0.373 e. The Kier molecular flexibility index (Phi) is 4.57. The fraction of sp³-hybridized carbons (Fsp3) is 0.100. The van der Waals surface area contributed by atoms with Crippen LogP contribution in [0.1, 0.15) is 12.6 Å². The van der Waals surface area contributed by atoms with Gasteiger partial charge in [0.05, 0.1) is 12.3 Å². The predicted molar refractivity (Wildman–Crippen MR) is 94.4 cm³/mol. The molecule has 1 aromatic heterocycles. The molecule has 0 aliphatic rings. The van der Waals surface area contributed by atoms with Crippen LogP contribution < -0.4 is 0 Å². The number of fused-ring (bicyclic) bond motifs is 1. The summed E-state index contributed by atoms with van der Waals surface area (Å²) in [6.45, 7) is 1.89. The van der Waals surface area contributed by atoms with Gasteiger partial charge in [0.25, 0.3) is 0 Å². The van der Waals surface area contributed by atoms with E-state index in [-0.39, 0.29) is 6.61 Å². The number of hydrogen-bond acceptors (Lipinski definition) is 4. The second-order valence-electron chi connectivity index (χ2n) is 5.22. The van der Waals surface area contributed by atoms with Crippen molar-refractivity contribution in [3.63, 3.8) is 0 Å². The first kappa shape index (κ1) is 15.7. The van der Waals surface area contributed by atoms with Gasteiger partial charge in [-0.15, -0.1) is 0 Å². The smallest absolute Gasteiger partial charge is 0.373 e. The molecule has 0 saturated carbocycles. The summed E-state index contributed by atoms with van der Waals surface area (Å²) < 4.78 is 4.80. The van der Waals surface area contributed by atoms with Crippen LogP contribution in [0.25, 0.3) is 28.0 Å². The fourth-order valence-electron chi connectivity index (χ4n) is 2.57. The third-order valence-corrected chi connectivity index (χ3v) is 3.67. The normalized spacial score (nSPS) is 11.5. The Balaban J connectivity index is 2.13. The maximum atomic E-state index is 11.6. The number of aliphatic hydroxyl groups excluding tert-OH is 1. The lowest BCUT2D eigenvalue weighted by Gasteiger charge is -2.09. The minimum Gasteiger partial charge on any atom is -0.502 e. The van der Waals surface area contributed by atoms with Crippen LogP contribution >= 0.6 is 0 Å². The Morgan fingerprint density at radius 2 is 1.75 bits per heavy atom. The molecule has 0 atom stereocenters. The van der Waals surface area contributed by atoms with E-state index in [0.29, 0.717) is 5.69 Å². The van der Waals surface area contributed by atoms with E-state index in [1.807, 2.05) is 54.6 Å². The third kappa shape index (κ3) is 3.13. The van der Waals surface area contributed by atoms with Gasteiger partial charge in [-0.05, 0) is 17.9 Å². The Morgan fingerprint density at radius 1 is 1.08 bits per heavy atom. The van der Waals surface area contributed by atoms with Gasteiger partial charge in [-0.2, -0.15) is 0 Å². The molecule has 3 aromatic rings. The largest absolute Gasteiger partial charge is 0.502 e. The average molecular weight is 319 g/mol. The SMILES string of the molecule is CCOC(=O)/C(O)=C/c1ncc(-c2ccccc2)c2ccccc12. The molecule has 0 fully saturated rings. The molecule has 3 rings (SSSR count). The molecule has 120 valence electrons. The molecule has 24 heavy (non-hydrogen) atoms. The van der Waals surface area contributed by atoms with Crippen LogP contribution in [0, 0.1) is 0 Å². The second-order valence-corrected chi connectivity index (χ2v) is 5.22. The van der Waals surface area contributed by atoms with Crippen molar-refractivity contribution < 1.29 is 14.6 Å². The van der Waals surface area contributed by atoms with Gasteiger partial charge in [-0.25, -0.2) is 4.79 Å². The van der Waals surface area contributed by atoms with Crippen LogP contribution in [0.15, 0.2) is 66.6 Å². The van der Waals surface area contributed by atoms with Gasteiger partial charge in [0, 0.05) is 23.2 Å². The molecule has 0 aliphatic carbocycles. The molecule has 0 aliphatic heterocycles. The van der Waals surface area contributed by atoms with Gasteiger partial charge in [-0.1, -0.05) is 54.6 Å². The quantitative estimate of drug-likeness (QED) is 0.441. The Morgan fingerprint density at radius 3 is 2.46 bits per heavy atom. The van der Waals surface area contributed by atoms with Crippen molar-refractivity contribution in [3.05, 3.63) is 72.2 Å². The van der Waals surface area contributed by atoms with Gasteiger partial charge < -0.3 is 9.84 Å². The summed E-state index contributed by atoms with van der Waals surface area (Å²) in [6.07, 6.45) is 3.09. The minimum absolute atomic E-state index is 0.206. The number of pyridine rings is 1. The summed E-state index contributed by atoms with van der Waals surface area (Å²) in [5.74, 6) is -1.21. The lowest BCUT2D eigenvalue weighted by molar-refractivity contribution is -0.141. The molecule has 0 bridgehead atoms. The van der Waals surface area contributed by atoms with Crippen molar-refractivity contribution in [1.82, 2.24) is 4.98 Å². The lowest BCUT2D eigenvalue weighted by atomic mass is 9.99. The first-order chi connectivity index (χ1) is 11.7. The van der Waals surface area contributed by atoms with Crippen LogP contribution in [0.4, 0.5) is 0 Å². The van der Waals surface area contributed by atoms with Crippen molar-refractivity contribution >= 4 is 22.8 Å². The highest BCUT2D eigenvalue weighted by molar-refractivity contribution is 6.01. The first-order valence-corrected chi connectivity index (χ1v) is 7.71. The molecule has 0 unspecified atom stereocenters. The van der Waals surface area contributed by atoms with E-state index < -0.39 is 11.7 Å². The zero-order valence-electron chi connectivity index (χ0n) is 13.3. The standard InChI is InChI=1S/C20H17NO3/c1-2-24-20(23)19(22)12-18-16-11-7-6-10-15(16)17(13-21-18)14-8-4-3-5-9-14/h3-13,22H,2H2,1H3/b19-12-. The van der Waals surface area contributed by atoms with Gasteiger partial charge in [0.2, 0.25) is 5.76 Å². The van der Waals surface area contributed by atoms with E-state index in [2.05, 4.69) is 4.98 Å². The van der Waals surface area contributed by atoms with Crippen molar-refractivity contribution in [2.45, 2.75) is 6.92 Å². The van der Waals surface area contributed by atoms with Gasteiger partial charge in [-0.3, -0.25) is 4.98 Å². The number of rotatable bonds is 4. The zero-order chi connectivity index (χ0) is 16.9. The number of carbonyl (C=O) groups is 1. The number of esters is 1. The van der Waals surface area contributed by atoms with E-state index in [1.54, 1.807) is 13.1 Å². The summed E-state index contributed by atoms with van der Waals surface area (Å²) in [7, 11) is 0. The van der Waals surface area contributed by atoms with Crippen LogP contribution in [-0.2, 0) is 9.53 Å². The Hall–Kier alpha value is -3.14.